The lowest BCUT2D eigenvalue weighted by molar-refractivity contribution is 0.311. The van der Waals surface area contributed by atoms with Crippen molar-refractivity contribution in [1.82, 2.24) is 0 Å². The SMILES string of the molecule is CCS(=O)(=O)CCOc1c(Cl)cc(CN)cc1OC. The number of hydrogen-bond donors (Lipinski definition) is 1. The number of rotatable bonds is 7. The van der Waals surface area contributed by atoms with Crippen LogP contribution in [0.3, 0.4) is 0 Å². The molecule has 0 atom stereocenters. The van der Waals surface area contributed by atoms with Gasteiger partial charge in [-0.05, 0) is 17.7 Å². The van der Waals surface area contributed by atoms with Crippen molar-refractivity contribution in [2.75, 3.05) is 25.2 Å². The van der Waals surface area contributed by atoms with E-state index in [2.05, 4.69) is 0 Å². The summed E-state index contributed by atoms with van der Waals surface area (Å²) in [4.78, 5) is 0. The van der Waals surface area contributed by atoms with Gasteiger partial charge in [0.15, 0.2) is 21.3 Å². The predicted octanol–water partition coefficient (Wildman–Crippen LogP) is 1.62. The Balaban J connectivity index is 2.83. The molecular formula is C12H18ClNO4S. The number of sulfone groups is 1. The van der Waals surface area contributed by atoms with Gasteiger partial charge in [-0.15, -0.1) is 0 Å². The van der Waals surface area contributed by atoms with Gasteiger partial charge in [0.25, 0.3) is 0 Å². The Morgan fingerprint density at radius 1 is 1.37 bits per heavy atom. The molecule has 0 bridgehead atoms. The first kappa shape index (κ1) is 16.1. The zero-order valence-electron chi connectivity index (χ0n) is 11.0. The van der Waals surface area contributed by atoms with Crippen molar-refractivity contribution < 1.29 is 17.9 Å². The fourth-order valence-corrected chi connectivity index (χ4v) is 2.36. The minimum absolute atomic E-state index is 0.0359. The number of nitrogens with two attached hydrogens (primary N) is 1. The van der Waals surface area contributed by atoms with Crippen LogP contribution < -0.4 is 15.2 Å². The van der Waals surface area contributed by atoms with Gasteiger partial charge in [0.1, 0.15) is 6.61 Å². The van der Waals surface area contributed by atoms with Gasteiger partial charge >= 0.3 is 0 Å². The first-order valence-corrected chi connectivity index (χ1v) is 8.03. The maximum Gasteiger partial charge on any atom is 0.179 e. The standard InChI is InChI=1S/C12H18ClNO4S/c1-3-19(15,16)5-4-18-12-10(13)6-9(8-14)7-11(12)17-2/h6-7H,3-5,8,14H2,1-2H3. The van der Waals surface area contributed by atoms with E-state index in [1.54, 1.807) is 19.1 Å². The lowest BCUT2D eigenvalue weighted by Gasteiger charge is -2.13. The molecule has 108 valence electrons. The highest BCUT2D eigenvalue weighted by atomic mass is 35.5. The minimum atomic E-state index is -3.06. The van der Waals surface area contributed by atoms with Crippen LogP contribution in [0.25, 0.3) is 0 Å². The largest absolute Gasteiger partial charge is 0.493 e. The molecule has 2 N–H and O–H groups in total. The summed E-state index contributed by atoms with van der Waals surface area (Å²) in [6, 6.07) is 3.39. The second-order valence-electron chi connectivity index (χ2n) is 3.90. The second-order valence-corrected chi connectivity index (χ2v) is 6.78. The molecule has 0 heterocycles. The Hall–Kier alpha value is -0.980. The second kappa shape index (κ2) is 6.98. The van der Waals surface area contributed by atoms with Crippen LogP contribution in [0.5, 0.6) is 11.5 Å². The average Bonchev–Trinajstić information content (AvgIpc) is 2.39. The highest BCUT2D eigenvalue weighted by Crippen LogP contribution is 2.36. The Morgan fingerprint density at radius 3 is 2.58 bits per heavy atom. The van der Waals surface area contributed by atoms with Gasteiger partial charge < -0.3 is 15.2 Å². The molecule has 0 aromatic heterocycles. The first-order chi connectivity index (χ1) is 8.93. The summed E-state index contributed by atoms with van der Waals surface area (Å²) >= 11 is 6.07. The van der Waals surface area contributed by atoms with Crippen molar-refractivity contribution in [2.45, 2.75) is 13.5 Å². The maximum absolute atomic E-state index is 11.4. The van der Waals surface area contributed by atoms with Gasteiger partial charge in [0.2, 0.25) is 0 Å². The molecule has 1 aromatic rings. The summed E-state index contributed by atoms with van der Waals surface area (Å²) < 4.78 is 33.3. The summed E-state index contributed by atoms with van der Waals surface area (Å²) in [5.74, 6) is 0.823. The Labute approximate surface area is 118 Å². The number of hydrogen-bond acceptors (Lipinski definition) is 5. The summed E-state index contributed by atoms with van der Waals surface area (Å²) in [7, 11) is -1.58. The quantitative estimate of drug-likeness (QED) is 0.828. The molecule has 0 amide bonds. The fourth-order valence-electron chi connectivity index (χ4n) is 1.45. The van der Waals surface area contributed by atoms with Gasteiger partial charge in [-0.25, -0.2) is 8.42 Å². The predicted molar refractivity (Wildman–Crippen MR) is 75.7 cm³/mol. The third-order valence-electron chi connectivity index (χ3n) is 2.61. The van der Waals surface area contributed by atoms with Crippen LogP contribution in [-0.4, -0.2) is 33.6 Å². The summed E-state index contributed by atoms with van der Waals surface area (Å²) in [5.41, 5.74) is 6.35. The zero-order chi connectivity index (χ0) is 14.5. The molecule has 7 heteroatoms. The van der Waals surface area contributed by atoms with Crippen LogP contribution in [0.4, 0.5) is 0 Å². The molecule has 0 aliphatic rings. The van der Waals surface area contributed by atoms with E-state index in [-0.39, 0.29) is 18.1 Å². The van der Waals surface area contributed by atoms with Crippen LogP contribution in [0.15, 0.2) is 12.1 Å². The third-order valence-corrected chi connectivity index (χ3v) is 4.55. The Morgan fingerprint density at radius 2 is 2.05 bits per heavy atom. The van der Waals surface area contributed by atoms with Crippen LogP contribution in [0, 0.1) is 0 Å². The Kier molecular flexibility index (Phi) is 5.90. The average molecular weight is 308 g/mol. The zero-order valence-corrected chi connectivity index (χ0v) is 12.6. The monoisotopic (exact) mass is 307 g/mol. The summed E-state index contributed by atoms with van der Waals surface area (Å²) in [5, 5.41) is 0.355. The van der Waals surface area contributed by atoms with E-state index in [1.165, 1.54) is 7.11 Å². The van der Waals surface area contributed by atoms with E-state index in [0.717, 1.165) is 5.56 Å². The van der Waals surface area contributed by atoms with E-state index in [0.29, 0.717) is 23.1 Å². The molecule has 0 fully saturated rings. The van der Waals surface area contributed by atoms with E-state index in [9.17, 15) is 8.42 Å². The number of ether oxygens (including phenoxy) is 2. The minimum Gasteiger partial charge on any atom is -0.493 e. The van der Waals surface area contributed by atoms with Crippen molar-refractivity contribution >= 4 is 21.4 Å². The van der Waals surface area contributed by atoms with Crippen molar-refractivity contribution in [1.29, 1.82) is 0 Å². The lowest BCUT2D eigenvalue weighted by Crippen LogP contribution is -2.16. The van der Waals surface area contributed by atoms with Gasteiger partial charge in [-0.2, -0.15) is 0 Å². The maximum atomic E-state index is 11.4. The first-order valence-electron chi connectivity index (χ1n) is 5.83. The number of benzene rings is 1. The normalized spacial score (nSPS) is 11.4. The van der Waals surface area contributed by atoms with Gasteiger partial charge in [0, 0.05) is 12.3 Å². The highest BCUT2D eigenvalue weighted by Gasteiger charge is 2.13. The van der Waals surface area contributed by atoms with Crippen molar-refractivity contribution in [2.24, 2.45) is 5.73 Å². The van der Waals surface area contributed by atoms with Crippen LogP contribution >= 0.6 is 11.6 Å². The summed E-state index contributed by atoms with van der Waals surface area (Å²) in [6.07, 6.45) is 0. The molecule has 0 aliphatic carbocycles. The van der Waals surface area contributed by atoms with Crippen LogP contribution in [0.2, 0.25) is 5.02 Å². The molecule has 19 heavy (non-hydrogen) atoms. The van der Waals surface area contributed by atoms with E-state index < -0.39 is 9.84 Å². The molecule has 0 aliphatic heterocycles. The molecule has 1 aromatic carbocycles. The third kappa shape index (κ3) is 4.56. The van der Waals surface area contributed by atoms with Crippen LogP contribution in [0.1, 0.15) is 12.5 Å². The van der Waals surface area contributed by atoms with Crippen molar-refractivity contribution in [3.63, 3.8) is 0 Å². The van der Waals surface area contributed by atoms with Crippen LogP contribution in [-0.2, 0) is 16.4 Å². The molecule has 0 saturated heterocycles. The smallest absolute Gasteiger partial charge is 0.179 e. The van der Waals surface area contributed by atoms with E-state index in [1.807, 2.05) is 0 Å². The molecule has 1 rings (SSSR count). The van der Waals surface area contributed by atoms with Crippen molar-refractivity contribution in [3.05, 3.63) is 22.7 Å². The highest BCUT2D eigenvalue weighted by molar-refractivity contribution is 7.91. The van der Waals surface area contributed by atoms with Gasteiger partial charge in [-0.1, -0.05) is 18.5 Å². The molecule has 0 saturated carbocycles. The molecule has 0 spiro atoms. The molecule has 5 nitrogen and oxygen atoms in total. The molecule has 0 radical (unpaired) electrons. The van der Waals surface area contributed by atoms with Gasteiger partial charge in [-0.3, -0.25) is 0 Å². The van der Waals surface area contributed by atoms with Gasteiger partial charge in [0.05, 0.1) is 17.9 Å². The van der Waals surface area contributed by atoms with E-state index in [4.69, 9.17) is 26.8 Å². The number of methoxy groups -OCH3 is 1. The summed E-state index contributed by atoms with van der Waals surface area (Å²) in [6.45, 7) is 1.97. The fraction of sp³-hybridized carbons (Fsp3) is 0.500. The van der Waals surface area contributed by atoms with E-state index >= 15 is 0 Å². The number of halogens is 1. The molecule has 0 unspecified atom stereocenters. The molecular weight excluding hydrogens is 290 g/mol. The van der Waals surface area contributed by atoms with Crippen molar-refractivity contribution in [3.8, 4) is 11.5 Å². The Bertz CT molecular complexity index is 531. The topological polar surface area (TPSA) is 78.6 Å². The lowest BCUT2D eigenvalue weighted by atomic mass is 10.2.